The van der Waals surface area contributed by atoms with Crippen molar-refractivity contribution in [2.24, 2.45) is 17.6 Å². The van der Waals surface area contributed by atoms with E-state index in [1.54, 1.807) is 17.4 Å². The van der Waals surface area contributed by atoms with Crippen LogP contribution in [0.15, 0.2) is 42.7 Å². The Bertz CT molecular complexity index is 1070. The number of benzene rings is 1. The molecule has 168 valence electrons. The van der Waals surface area contributed by atoms with Gasteiger partial charge in [0.25, 0.3) is 0 Å². The lowest BCUT2D eigenvalue weighted by Gasteiger charge is -2.32. The molecule has 1 atom stereocenters. The molecule has 32 heavy (non-hydrogen) atoms. The van der Waals surface area contributed by atoms with E-state index in [0.717, 1.165) is 69.0 Å². The molecule has 2 saturated heterocycles. The minimum atomic E-state index is 0.389. The van der Waals surface area contributed by atoms with Gasteiger partial charge in [-0.25, -0.2) is 20.8 Å². The van der Waals surface area contributed by atoms with E-state index < -0.39 is 0 Å². The van der Waals surface area contributed by atoms with Crippen LogP contribution in [0, 0.1) is 5.92 Å². The molecule has 9 nitrogen and oxygen atoms in total. The maximum atomic E-state index is 6.55. The molecule has 1 unspecified atom stereocenters. The highest BCUT2D eigenvalue weighted by molar-refractivity contribution is 5.89. The Morgan fingerprint density at radius 3 is 2.78 bits per heavy atom. The summed E-state index contributed by atoms with van der Waals surface area (Å²) in [5.41, 5.74) is 4.53. The van der Waals surface area contributed by atoms with E-state index in [4.69, 9.17) is 21.4 Å². The summed E-state index contributed by atoms with van der Waals surface area (Å²) in [4.78, 5) is 16.4. The van der Waals surface area contributed by atoms with Gasteiger partial charge in [-0.3, -0.25) is 15.8 Å². The number of morpholine rings is 1. The average molecular weight is 435 g/mol. The standard InChI is InChI=1S/C23H30N8O/c24-30-8-2-3-17(15-30)16-31(25)23-22-21(26-6-7-27-22)14-20(28-23)18-4-1-5-19(13-18)29-9-11-32-12-10-29/h1,4-7,13-14,17H,2-3,8-12,15-16,24-25H2. The maximum Gasteiger partial charge on any atom is 0.171 e. The third kappa shape index (κ3) is 4.51. The minimum absolute atomic E-state index is 0.389. The van der Waals surface area contributed by atoms with Crippen molar-refractivity contribution in [3.05, 3.63) is 42.7 Å². The first-order valence-electron chi connectivity index (χ1n) is 11.2. The molecule has 2 aliphatic rings. The lowest BCUT2D eigenvalue weighted by molar-refractivity contribution is 0.122. The van der Waals surface area contributed by atoms with Gasteiger partial charge in [-0.2, -0.15) is 0 Å². The Morgan fingerprint density at radius 1 is 1.09 bits per heavy atom. The number of nitrogens with zero attached hydrogens (tertiary/aromatic N) is 6. The Kier molecular flexibility index (Phi) is 6.13. The highest BCUT2D eigenvalue weighted by Crippen LogP contribution is 2.30. The summed E-state index contributed by atoms with van der Waals surface area (Å²) >= 11 is 0. The highest BCUT2D eigenvalue weighted by Gasteiger charge is 2.22. The van der Waals surface area contributed by atoms with Crippen LogP contribution in [0.5, 0.6) is 0 Å². The molecule has 3 aromatic rings. The summed E-state index contributed by atoms with van der Waals surface area (Å²) < 4.78 is 5.50. The largest absolute Gasteiger partial charge is 0.378 e. The van der Waals surface area contributed by atoms with Crippen molar-refractivity contribution in [3.63, 3.8) is 0 Å². The smallest absolute Gasteiger partial charge is 0.171 e. The van der Waals surface area contributed by atoms with E-state index >= 15 is 0 Å². The van der Waals surface area contributed by atoms with Crippen molar-refractivity contribution in [2.45, 2.75) is 12.8 Å². The van der Waals surface area contributed by atoms with E-state index in [0.29, 0.717) is 23.8 Å². The van der Waals surface area contributed by atoms with Crippen molar-refractivity contribution in [1.29, 1.82) is 0 Å². The van der Waals surface area contributed by atoms with Gasteiger partial charge in [-0.05, 0) is 37.0 Å². The lowest BCUT2D eigenvalue weighted by atomic mass is 9.99. The van der Waals surface area contributed by atoms with Crippen molar-refractivity contribution in [3.8, 4) is 11.3 Å². The zero-order valence-corrected chi connectivity index (χ0v) is 18.2. The first kappa shape index (κ1) is 21.0. The predicted octanol–water partition coefficient (Wildman–Crippen LogP) is 1.79. The van der Waals surface area contributed by atoms with Crippen LogP contribution in [0.25, 0.3) is 22.3 Å². The summed E-state index contributed by atoms with van der Waals surface area (Å²) in [5, 5.41) is 3.59. The number of piperidine rings is 1. The molecule has 0 amide bonds. The van der Waals surface area contributed by atoms with Crippen LogP contribution in [0.2, 0.25) is 0 Å². The molecule has 4 heterocycles. The molecule has 0 bridgehead atoms. The van der Waals surface area contributed by atoms with Crippen LogP contribution < -0.4 is 21.6 Å². The number of aromatic nitrogens is 3. The number of fused-ring (bicyclic) bond motifs is 1. The zero-order chi connectivity index (χ0) is 21.9. The third-order valence-electron chi connectivity index (χ3n) is 6.23. The fraction of sp³-hybridized carbons (Fsp3) is 0.435. The molecular weight excluding hydrogens is 404 g/mol. The van der Waals surface area contributed by atoms with E-state index in [1.807, 2.05) is 11.1 Å². The number of pyridine rings is 1. The van der Waals surface area contributed by atoms with E-state index in [9.17, 15) is 0 Å². The van der Waals surface area contributed by atoms with Gasteiger partial charge in [-0.15, -0.1) is 0 Å². The number of anilines is 2. The molecule has 9 heteroatoms. The summed E-state index contributed by atoms with van der Waals surface area (Å²) in [6, 6.07) is 10.4. The van der Waals surface area contributed by atoms with Crippen LogP contribution in [-0.4, -0.2) is 65.9 Å². The van der Waals surface area contributed by atoms with Crippen molar-refractivity contribution >= 4 is 22.5 Å². The molecule has 1 aromatic carbocycles. The normalized spacial score (nSPS) is 19.9. The summed E-state index contributed by atoms with van der Waals surface area (Å²) in [6.07, 6.45) is 5.57. The maximum absolute atomic E-state index is 6.55. The molecule has 2 fully saturated rings. The van der Waals surface area contributed by atoms with Crippen molar-refractivity contribution in [1.82, 2.24) is 20.0 Å². The van der Waals surface area contributed by atoms with Crippen LogP contribution >= 0.6 is 0 Å². The molecule has 5 rings (SSSR count). The second kappa shape index (κ2) is 9.33. The van der Waals surface area contributed by atoms with Crippen molar-refractivity contribution in [2.75, 3.05) is 55.8 Å². The molecule has 2 aliphatic heterocycles. The first-order valence-corrected chi connectivity index (χ1v) is 11.2. The summed E-state index contributed by atoms with van der Waals surface area (Å²) in [7, 11) is 0. The number of rotatable bonds is 5. The van der Waals surface area contributed by atoms with E-state index in [-0.39, 0.29) is 0 Å². The number of nitrogens with two attached hydrogens (primary N) is 2. The number of hydrazine groups is 2. The molecule has 0 radical (unpaired) electrons. The van der Waals surface area contributed by atoms with Gasteiger partial charge in [0.2, 0.25) is 0 Å². The predicted molar refractivity (Wildman–Crippen MR) is 126 cm³/mol. The number of ether oxygens (including phenoxy) is 1. The number of hydrogen-bond donors (Lipinski definition) is 2. The highest BCUT2D eigenvalue weighted by atomic mass is 16.5. The van der Waals surface area contributed by atoms with E-state index in [1.165, 1.54) is 5.69 Å². The Balaban J connectivity index is 1.48. The van der Waals surface area contributed by atoms with Gasteiger partial charge in [0.15, 0.2) is 5.82 Å². The third-order valence-corrected chi connectivity index (χ3v) is 6.23. The van der Waals surface area contributed by atoms with Gasteiger partial charge in [0.1, 0.15) is 5.52 Å². The second-order valence-corrected chi connectivity index (χ2v) is 8.56. The first-order chi connectivity index (χ1) is 15.7. The second-order valence-electron chi connectivity index (χ2n) is 8.56. The quantitative estimate of drug-likeness (QED) is 0.459. The molecule has 0 aliphatic carbocycles. The zero-order valence-electron chi connectivity index (χ0n) is 18.2. The van der Waals surface area contributed by atoms with Gasteiger partial charge in [0, 0.05) is 56.4 Å². The summed E-state index contributed by atoms with van der Waals surface area (Å²) in [6.45, 7) is 5.72. The fourth-order valence-corrected chi connectivity index (χ4v) is 4.60. The Labute approximate surface area is 187 Å². The fourth-order valence-electron chi connectivity index (χ4n) is 4.60. The number of hydrogen-bond acceptors (Lipinski definition) is 9. The average Bonchev–Trinajstić information content (AvgIpc) is 2.84. The van der Waals surface area contributed by atoms with Gasteiger partial charge in [0.05, 0.1) is 24.4 Å². The van der Waals surface area contributed by atoms with Crippen LogP contribution in [-0.2, 0) is 4.74 Å². The Morgan fingerprint density at radius 2 is 1.94 bits per heavy atom. The molecular formula is C23H30N8O. The van der Waals surface area contributed by atoms with Crippen molar-refractivity contribution < 1.29 is 4.74 Å². The minimum Gasteiger partial charge on any atom is -0.378 e. The van der Waals surface area contributed by atoms with Crippen LogP contribution in [0.4, 0.5) is 11.5 Å². The van der Waals surface area contributed by atoms with Crippen LogP contribution in [0.1, 0.15) is 12.8 Å². The SMILES string of the molecule is NN1CCCC(CN(N)c2nc(-c3cccc(N4CCOCC4)c3)cc3nccnc23)C1. The molecule has 0 saturated carbocycles. The van der Waals surface area contributed by atoms with E-state index in [2.05, 4.69) is 39.1 Å². The molecule has 4 N–H and O–H groups in total. The van der Waals surface area contributed by atoms with Gasteiger partial charge in [-0.1, -0.05) is 12.1 Å². The van der Waals surface area contributed by atoms with Gasteiger partial charge < -0.3 is 9.64 Å². The lowest BCUT2D eigenvalue weighted by Crippen LogP contribution is -2.46. The van der Waals surface area contributed by atoms with Gasteiger partial charge >= 0.3 is 0 Å². The van der Waals surface area contributed by atoms with Crippen LogP contribution in [0.3, 0.4) is 0 Å². The Hall–Kier alpha value is -2.85. The monoisotopic (exact) mass is 434 g/mol. The molecule has 2 aromatic heterocycles. The molecule has 0 spiro atoms. The topological polar surface area (TPSA) is 110 Å². The summed E-state index contributed by atoms with van der Waals surface area (Å²) in [5.74, 6) is 13.6.